The Morgan fingerprint density at radius 3 is 2.45 bits per heavy atom. The lowest BCUT2D eigenvalue weighted by molar-refractivity contribution is -0.118. The Balaban J connectivity index is 1.92. The van der Waals surface area contributed by atoms with Crippen LogP contribution in [0.4, 0.5) is 5.69 Å². The van der Waals surface area contributed by atoms with Crippen LogP contribution in [0.15, 0.2) is 42.5 Å². The Morgan fingerprint density at radius 1 is 1.05 bits per heavy atom. The number of nitrogens with one attached hydrogen (secondary N) is 1. The zero-order chi connectivity index (χ0) is 14.5. The van der Waals surface area contributed by atoms with Crippen molar-refractivity contribution in [1.82, 2.24) is 0 Å². The van der Waals surface area contributed by atoms with E-state index in [2.05, 4.69) is 5.32 Å². The van der Waals surface area contributed by atoms with Gasteiger partial charge < -0.3 is 10.1 Å². The van der Waals surface area contributed by atoms with Crippen molar-refractivity contribution in [2.24, 2.45) is 0 Å². The maximum absolute atomic E-state index is 11.7. The van der Waals surface area contributed by atoms with Crippen molar-refractivity contribution < 1.29 is 9.53 Å². The summed E-state index contributed by atoms with van der Waals surface area (Å²) in [5.74, 6) is 0.0637. The van der Waals surface area contributed by atoms with Crippen molar-refractivity contribution in [2.75, 3.05) is 11.9 Å². The van der Waals surface area contributed by atoms with Crippen molar-refractivity contribution in [3.05, 3.63) is 57.5 Å². The molecule has 0 aromatic heterocycles. The number of amides is 1. The summed E-state index contributed by atoms with van der Waals surface area (Å²) in [4.78, 5) is 11.7. The molecule has 0 aliphatic carbocycles. The monoisotopic (exact) mass is 329 g/mol. The molecule has 3 nitrogen and oxygen atoms in total. The van der Waals surface area contributed by atoms with Crippen molar-refractivity contribution in [2.45, 2.75) is 0 Å². The van der Waals surface area contributed by atoms with Gasteiger partial charge in [0.25, 0.3) is 5.91 Å². The normalized spacial score (nSPS) is 10.2. The number of hydrogen-bond acceptors (Lipinski definition) is 2. The lowest BCUT2D eigenvalue weighted by Crippen LogP contribution is -2.20. The molecule has 0 saturated heterocycles. The molecule has 0 unspecified atom stereocenters. The zero-order valence-electron chi connectivity index (χ0n) is 10.2. The van der Waals surface area contributed by atoms with Crippen LogP contribution in [0.25, 0.3) is 0 Å². The molecule has 20 heavy (non-hydrogen) atoms. The van der Waals surface area contributed by atoms with Crippen LogP contribution in [-0.4, -0.2) is 12.5 Å². The second-order valence-corrected chi connectivity index (χ2v) is 5.12. The van der Waals surface area contributed by atoms with Gasteiger partial charge in [-0.3, -0.25) is 4.79 Å². The highest BCUT2D eigenvalue weighted by Crippen LogP contribution is 2.31. The van der Waals surface area contributed by atoms with Crippen LogP contribution in [0.2, 0.25) is 15.1 Å². The Hall–Kier alpha value is -1.42. The van der Waals surface area contributed by atoms with Crippen LogP contribution in [-0.2, 0) is 4.79 Å². The van der Waals surface area contributed by atoms with E-state index in [-0.39, 0.29) is 17.5 Å². The molecule has 0 spiro atoms. The fourth-order valence-electron chi connectivity index (χ4n) is 1.47. The highest BCUT2D eigenvalue weighted by molar-refractivity contribution is 6.42. The quantitative estimate of drug-likeness (QED) is 0.885. The summed E-state index contributed by atoms with van der Waals surface area (Å²) in [6.07, 6.45) is 0. The van der Waals surface area contributed by atoms with Crippen molar-refractivity contribution in [1.29, 1.82) is 0 Å². The SMILES string of the molecule is O=C(COc1cccc(Cl)c1Cl)Nc1ccc(Cl)cc1. The van der Waals surface area contributed by atoms with Crippen LogP contribution >= 0.6 is 34.8 Å². The van der Waals surface area contributed by atoms with E-state index < -0.39 is 0 Å². The van der Waals surface area contributed by atoms with Gasteiger partial charge in [0.1, 0.15) is 10.8 Å². The number of rotatable bonds is 4. The average molecular weight is 331 g/mol. The summed E-state index contributed by atoms with van der Waals surface area (Å²) >= 11 is 17.6. The van der Waals surface area contributed by atoms with Crippen LogP contribution in [0.5, 0.6) is 5.75 Å². The van der Waals surface area contributed by atoms with Crippen molar-refractivity contribution >= 4 is 46.4 Å². The van der Waals surface area contributed by atoms with E-state index in [9.17, 15) is 4.79 Å². The summed E-state index contributed by atoms with van der Waals surface area (Å²) < 4.78 is 5.32. The van der Waals surface area contributed by atoms with E-state index in [1.807, 2.05) is 0 Å². The van der Waals surface area contributed by atoms with E-state index in [1.54, 1.807) is 42.5 Å². The van der Waals surface area contributed by atoms with Gasteiger partial charge in [-0.05, 0) is 36.4 Å². The Kier molecular flexibility index (Phi) is 5.12. The summed E-state index contributed by atoms with van der Waals surface area (Å²) in [6.45, 7) is -0.164. The van der Waals surface area contributed by atoms with Gasteiger partial charge in [-0.25, -0.2) is 0 Å². The molecule has 0 atom stereocenters. The first-order valence-corrected chi connectivity index (χ1v) is 6.82. The van der Waals surface area contributed by atoms with Gasteiger partial charge >= 0.3 is 0 Å². The number of anilines is 1. The molecule has 1 N–H and O–H groups in total. The maximum Gasteiger partial charge on any atom is 0.262 e. The fourth-order valence-corrected chi connectivity index (χ4v) is 1.94. The van der Waals surface area contributed by atoms with Gasteiger partial charge in [0, 0.05) is 10.7 Å². The third kappa shape index (κ3) is 4.04. The zero-order valence-corrected chi connectivity index (χ0v) is 12.5. The molecule has 0 bridgehead atoms. The largest absolute Gasteiger partial charge is 0.482 e. The van der Waals surface area contributed by atoms with Gasteiger partial charge in [0.05, 0.1) is 5.02 Å². The third-order valence-corrected chi connectivity index (χ3v) is 3.46. The number of ether oxygens (including phenoxy) is 1. The number of halogens is 3. The molecule has 1 amide bonds. The molecule has 2 aromatic carbocycles. The summed E-state index contributed by atoms with van der Waals surface area (Å²) in [5, 5.41) is 3.94. The lowest BCUT2D eigenvalue weighted by Gasteiger charge is -2.09. The average Bonchev–Trinajstić information content (AvgIpc) is 2.43. The van der Waals surface area contributed by atoms with Crippen molar-refractivity contribution in [3.63, 3.8) is 0 Å². The first-order chi connectivity index (χ1) is 9.56. The fraction of sp³-hybridized carbons (Fsp3) is 0.0714. The molecule has 6 heteroatoms. The van der Waals surface area contributed by atoms with Gasteiger partial charge in [-0.15, -0.1) is 0 Å². The Labute approximate surface area is 131 Å². The summed E-state index contributed by atoms with van der Waals surface area (Å²) in [7, 11) is 0. The second kappa shape index (κ2) is 6.84. The van der Waals surface area contributed by atoms with Gasteiger partial charge in [0.2, 0.25) is 0 Å². The van der Waals surface area contributed by atoms with E-state index in [0.717, 1.165) is 0 Å². The minimum atomic E-state index is -0.302. The lowest BCUT2D eigenvalue weighted by atomic mass is 10.3. The molecule has 104 valence electrons. The Bertz CT molecular complexity index is 614. The Morgan fingerprint density at radius 2 is 1.75 bits per heavy atom. The minimum Gasteiger partial charge on any atom is -0.482 e. The highest BCUT2D eigenvalue weighted by atomic mass is 35.5. The predicted molar refractivity (Wildman–Crippen MR) is 82.0 cm³/mol. The molecule has 2 rings (SSSR count). The number of carbonyl (C=O) groups excluding carboxylic acids is 1. The van der Waals surface area contributed by atoms with E-state index in [4.69, 9.17) is 39.5 Å². The molecule has 2 aromatic rings. The van der Waals surface area contributed by atoms with E-state index in [0.29, 0.717) is 21.5 Å². The van der Waals surface area contributed by atoms with E-state index >= 15 is 0 Å². The molecular weight excluding hydrogens is 321 g/mol. The van der Waals surface area contributed by atoms with Crippen LogP contribution in [0, 0.1) is 0 Å². The number of benzene rings is 2. The van der Waals surface area contributed by atoms with Gasteiger partial charge in [0.15, 0.2) is 6.61 Å². The van der Waals surface area contributed by atoms with Crippen LogP contribution in [0.3, 0.4) is 0 Å². The maximum atomic E-state index is 11.7. The molecule has 0 saturated carbocycles. The first-order valence-electron chi connectivity index (χ1n) is 5.68. The highest BCUT2D eigenvalue weighted by Gasteiger charge is 2.08. The third-order valence-electron chi connectivity index (χ3n) is 2.40. The van der Waals surface area contributed by atoms with Crippen molar-refractivity contribution in [3.8, 4) is 5.75 Å². The smallest absolute Gasteiger partial charge is 0.262 e. The standard InChI is InChI=1S/C14H10Cl3NO2/c15-9-4-6-10(7-5-9)18-13(19)8-20-12-3-1-2-11(16)14(12)17/h1-7H,8H2,(H,18,19). The molecule has 0 radical (unpaired) electrons. The summed E-state index contributed by atoms with van der Waals surface area (Å²) in [5.41, 5.74) is 0.639. The minimum absolute atomic E-state index is 0.164. The van der Waals surface area contributed by atoms with Crippen LogP contribution < -0.4 is 10.1 Å². The van der Waals surface area contributed by atoms with Gasteiger partial charge in [-0.2, -0.15) is 0 Å². The first kappa shape index (κ1) is 15.0. The molecule has 0 heterocycles. The second-order valence-electron chi connectivity index (χ2n) is 3.90. The molecule has 0 fully saturated rings. The number of hydrogen-bond donors (Lipinski definition) is 1. The van der Waals surface area contributed by atoms with E-state index in [1.165, 1.54) is 0 Å². The van der Waals surface area contributed by atoms with Crippen LogP contribution in [0.1, 0.15) is 0 Å². The number of carbonyl (C=O) groups is 1. The predicted octanol–water partition coefficient (Wildman–Crippen LogP) is 4.66. The molecular formula is C14H10Cl3NO2. The topological polar surface area (TPSA) is 38.3 Å². The molecule has 0 aliphatic heterocycles. The van der Waals surface area contributed by atoms with Gasteiger partial charge in [-0.1, -0.05) is 40.9 Å². The summed E-state index contributed by atoms with van der Waals surface area (Å²) in [6, 6.07) is 11.8. The molecule has 0 aliphatic rings.